The van der Waals surface area contributed by atoms with Gasteiger partial charge in [0, 0.05) is 5.56 Å². The van der Waals surface area contributed by atoms with Gasteiger partial charge in [0.1, 0.15) is 17.9 Å². The summed E-state index contributed by atoms with van der Waals surface area (Å²) < 4.78 is 12.8. The molecule has 2 heterocycles. The van der Waals surface area contributed by atoms with E-state index in [1.165, 1.54) is 7.11 Å². The molecule has 0 bridgehead atoms. The summed E-state index contributed by atoms with van der Waals surface area (Å²) in [5.74, 6) is 0.352. The topological polar surface area (TPSA) is 66.2 Å². The molecule has 0 saturated heterocycles. The summed E-state index contributed by atoms with van der Waals surface area (Å²) in [6.45, 7) is 0.996. The summed E-state index contributed by atoms with van der Waals surface area (Å²) in [6.07, 6.45) is 2.11. The number of aromatic nitrogens is 3. The third kappa shape index (κ3) is 3.12. The van der Waals surface area contributed by atoms with Crippen molar-refractivity contribution in [2.75, 3.05) is 7.11 Å². The molecule has 0 spiro atoms. The van der Waals surface area contributed by atoms with E-state index in [1.54, 1.807) is 6.07 Å². The van der Waals surface area contributed by atoms with Crippen LogP contribution in [0.5, 0.6) is 5.75 Å². The molecule has 0 amide bonds. The number of carbonyl (C=O) groups is 1. The molecule has 3 aromatic carbocycles. The number of hydrogen-bond donors (Lipinski definition) is 0. The number of nitrogens with zero attached hydrogens (tertiary/aromatic N) is 3. The summed E-state index contributed by atoms with van der Waals surface area (Å²) in [5, 5.41) is 8.53. The van der Waals surface area contributed by atoms with Crippen molar-refractivity contribution in [1.29, 1.82) is 0 Å². The van der Waals surface area contributed by atoms with Crippen LogP contribution in [0, 0.1) is 0 Å². The maximum atomic E-state index is 12.1. The molecule has 0 unspecified atom stereocenters. The second-order valence-corrected chi connectivity index (χ2v) is 7.03. The van der Waals surface area contributed by atoms with Crippen LogP contribution in [0.2, 0.25) is 0 Å². The molecule has 0 fully saturated rings. The van der Waals surface area contributed by atoms with Crippen molar-refractivity contribution >= 4 is 22.6 Å². The van der Waals surface area contributed by atoms with E-state index in [4.69, 9.17) is 9.47 Å². The lowest BCUT2D eigenvalue weighted by molar-refractivity contribution is 0.0600. The van der Waals surface area contributed by atoms with E-state index >= 15 is 0 Å². The van der Waals surface area contributed by atoms with Crippen molar-refractivity contribution in [2.45, 2.75) is 13.2 Å². The van der Waals surface area contributed by atoms with Crippen molar-refractivity contribution in [3.05, 3.63) is 95.1 Å². The van der Waals surface area contributed by atoms with E-state index in [2.05, 4.69) is 28.5 Å². The molecular weight excluding hydrogens is 378 g/mol. The van der Waals surface area contributed by atoms with Crippen LogP contribution in [0.3, 0.4) is 0 Å². The molecule has 148 valence electrons. The number of allylic oxidation sites excluding steroid dienone is 1. The molecule has 0 aliphatic carbocycles. The molecule has 0 atom stereocenters. The van der Waals surface area contributed by atoms with Crippen LogP contribution < -0.4 is 4.74 Å². The Kier molecular flexibility index (Phi) is 4.52. The van der Waals surface area contributed by atoms with Gasteiger partial charge in [0.25, 0.3) is 0 Å². The summed E-state index contributed by atoms with van der Waals surface area (Å²) >= 11 is 0. The average molecular weight is 397 g/mol. The number of carbonyl (C=O) groups excluding carboxylic acids is 1. The van der Waals surface area contributed by atoms with Crippen LogP contribution in [0.15, 0.2) is 72.8 Å². The van der Waals surface area contributed by atoms with Gasteiger partial charge in [-0.2, -0.15) is 0 Å². The van der Waals surface area contributed by atoms with Crippen LogP contribution in [-0.2, 0) is 17.9 Å². The highest BCUT2D eigenvalue weighted by molar-refractivity contribution is 5.93. The Morgan fingerprint density at radius 3 is 2.83 bits per heavy atom. The Morgan fingerprint density at radius 1 is 1.10 bits per heavy atom. The number of methoxy groups -OCH3 is 1. The van der Waals surface area contributed by atoms with Crippen molar-refractivity contribution in [3.8, 4) is 5.75 Å². The van der Waals surface area contributed by atoms with E-state index in [1.807, 2.05) is 53.2 Å². The number of fused-ring (bicyclic) bond motifs is 3. The number of para-hydroxylation sites is 1. The fourth-order valence-corrected chi connectivity index (χ4v) is 3.77. The molecule has 0 radical (unpaired) electrons. The van der Waals surface area contributed by atoms with Crippen LogP contribution >= 0.6 is 0 Å². The normalized spacial score (nSPS) is 14.0. The molecule has 1 aromatic heterocycles. The van der Waals surface area contributed by atoms with Crippen LogP contribution in [-0.4, -0.2) is 28.1 Å². The van der Waals surface area contributed by atoms with Crippen molar-refractivity contribution in [1.82, 2.24) is 15.0 Å². The Hall–Kier alpha value is -3.93. The first-order valence-electron chi connectivity index (χ1n) is 9.67. The first-order valence-corrected chi connectivity index (χ1v) is 9.67. The summed E-state index contributed by atoms with van der Waals surface area (Å²) in [5.41, 5.74) is 6.31. The number of benzene rings is 3. The van der Waals surface area contributed by atoms with E-state index in [-0.39, 0.29) is 5.97 Å². The first-order chi connectivity index (χ1) is 14.7. The highest BCUT2D eigenvalue weighted by atomic mass is 16.5. The number of esters is 1. The van der Waals surface area contributed by atoms with Gasteiger partial charge in [-0.3, -0.25) is 0 Å². The monoisotopic (exact) mass is 397 g/mol. The largest absolute Gasteiger partial charge is 0.488 e. The zero-order valence-corrected chi connectivity index (χ0v) is 16.4. The second-order valence-electron chi connectivity index (χ2n) is 7.03. The zero-order chi connectivity index (χ0) is 20.5. The van der Waals surface area contributed by atoms with E-state index in [0.29, 0.717) is 18.7 Å². The summed E-state index contributed by atoms with van der Waals surface area (Å²) in [4.78, 5) is 12.1. The average Bonchev–Trinajstić information content (AvgIpc) is 3.14. The van der Waals surface area contributed by atoms with Gasteiger partial charge in [-0.1, -0.05) is 47.7 Å². The van der Waals surface area contributed by atoms with Gasteiger partial charge in [-0.15, -0.1) is 5.10 Å². The smallest absolute Gasteiger partial charge is 0.337 e. The van der Waals surface area contributed by atoms with Crippen LogP contribution in [0.25, 0.3) is 16.6 Å². The lowest BCUT2D eigenvalue weighted by Gasteiger charge is -2.12. The fraction of sp³-hybridized carbons (Fsp3) is 0.125. The zero-order valence-electron chi connectivity index (χ0n) is 16.4. The lowest BCUT2D eigenvalue weighted by Crippen LogP contribution is -2.03. The second kappa shape index (κ2) is 7.48. The Bertz CT molecular complexity index is 1290. The lowest BCUT2D eigenvalue weighted by atomic mass is 9.93. The number of ether oxygens (including phenoxy) is 2. The van der Waals surface area contributed by atoms with Crippen molar-refractivity contribution in [2.24, 2.45) is 0 Å². The molecule has 0 N–H and O–H groups in total. The maximum Gasteiger partial charge on any atom is 0.337 e. The van der Waals surface area contributed by atoms with Gasteiger partial charge in [0.05, 0.1) is 24.7 Å². The predicted molar refractivity (Wildman–Crippen MR) is 113 cm³/mol. The molecule has 1 aliphatic heterocycles. The molecule has 5 rings (SSSR count). The third-order valence-corrected chi connectivity index (χ3v) is 5.27. The highest BCUT2D eigenvalue weighted by Crippen LogP contribution is 2.37. The quantitative estimate of drug-likeness (QED) is 0.484. The Morgan fingerprint density at radius 2 is 1.93 bits per heavy atom. The maximum absolute atomic E-state index is 12.1. The molecule has 6 heteroatoms. The molecule has 0 saturated carbocycles. The minimum Gasteiger partial charge on any atom is -0.488 e. The molecule has 30 heavy (non-hydrogen) atoms. The van der Waals surface area contributed by atoms with Gasteiger partial charge in [0.2, 0.25) is 0 Å². The standard InChI is InChI=1S/C24H19N3O3/c1-29-24(28)16-10-11-23-20(14-16)19(18-7-3-2-6-17(18)15-30-23)12-13-27-22-9-5-4-8-21(22)25-26-27/h2-12,14H,13,15H2,1H3/b19-12+. The van der Waals surface area contributed by atoms with Gasteiger partial charge < -0.3 is 9.47 Å². The third-order valence-electron chi connectivity index (χ3n) is 5.27. The minimum absolute atomic E-state index is 0.378. The molecule has 6 nitrogen and oxygen atoms in total. The number of rotatable bonds is 3. The Labute approximate surface area is 173 Å². The van der Waals surface area contributed by atoms with E-state index in [0.717, 1.165) is 39.0 Å². The van der Waals surface area contributed by atoms with Gasteiger partial charge in [-0.05, 0) is 47.0 Å². The van der Waals surface area contributed by atoms with E-state index in [9.17, 15) is 4.79 Å². The first kappa shape index (κ1) is 18.1. The van der Waals surface area contributed by atoms with Crippen molar-refractivity contribution in [3.63, 3.8) is 0 Å². The van der Waals surface area contributed by atoms with Crippen LogP contribution in [0.4, 0.5) is 0 Å². The minimum atomic E-state index is -0.378. The fourth-order valence-electron chi connectivity index (χ4n) is 3.77. The van der Waals surface area contributed by atoms with Crippen LogP contribution in [0.1, 0.15) is 27.0 Å². The Balaban J connectivity index is 1.65. The van der Waals surface area contributed by atoms with Gasteiger partial charge >= 0.3 is 5.97 Å². The van der Waals surface area contributed by atoms with E-state index < -0.39 is 0 Å². The molecular formula is C24H19N3O3. The van der Waals surface area contributed by atoms with Gasteiger partial charge in [-0.25, -0.2) is 9.48 Å². The van der Waals surface area contributed by atoms with Gasteiger partial charge in [0.15, 0.2) is 0 Å². The summed E-state index contributed by atoms with van der Waals surface area (Å²) in [6, 6.07) is 21.4. The number of hydrogen-bond acceptors (Lipinski definition) is 5. The predicted octanol–water partition coefficient (Wildman–Crippen LogP) is 4.24. The SMILES string of the molecule is COC(=O)c1ccc2c(c1)/C(=C/Cn1nnc3ccccc31)c1ccccc1CO2. The highest BCUT2D eigenvalue weighted by Gasteiger charge is 2.21. The van der Waals surface area contributed by atoms with Crippen molar-refractivity contribution < 1.29 is 14.3 Å². The molecule has 1 aliphatic rings. The summed E-state index contributed by atoms with van der Waals surface area (Å²) in [7, 11) is 1.38. The molecule has 4 aromatic rings.